The molecule has 0 aromatic carbocycles. The van der Waals surface area contributed by atoms with Crippen LogP contribution in [-0.4, -0.2) is 30.9 Å². The summed E-state index contributed by atoms with van der Waals surface area (Å²) < 4.78 is 14.3. The van der Waals surface area contributed by atoms with Crippen LogP contribution in [0, 0.1) is 0 Å². The number of rotatable bonds is 4. The number of carbonyl (C=O) groups excluding carboxylic acids is 2. The van der Waals surface area contributed by atoms with Gasteiger partial charge >= 0.3 is 12.1 Å². The fourth-order valence-corrected chi connectivity index (χ4v) is 0.948. The molecule has 0 amide bonds. The Hall–Kier alpha value is -1.78. The molecule has 0 spiro atoms. The van der Waals surface area contributed by atoms with Crippen molar-refractivity contribution in [3.8, 4) is 0 Å². The summed E-state index contributed by atoms with van der Waals surface area (Å²) in [7, 11) is 0. The third-order valence-electron chi connectivity index (χ3n) is 1.89. The Balaban J connectivity index is 2.55. The fourth-order valence-electron chi connectivity index (χ4n) is 0.948. The Bertz CT molecular complexity index is 320. The highest BCUT2D eigenvalue weighted by Crippen LogP contribution is 2.22. The molecule has 1 aliphatic heterocycles. The molecule has 0 aliphatic carbocycles. The monoisotopic (exact) mass is 212 g/mol. The van der Waals surface area contributed by atoms with Gasteiger partial charge in [0, 0.05) is 5.57 Å². The van der Waals surface area contributed by atoms with Crippen LogP contribution < -0.4 is 0 Å². The van der Waals surface area contributed by atoms with Crippen LogP contribution in [0.1, 0.15) is 6.92 Å². The Kier molecular flexibility index (Phi) is 3.14. The lowest BCUT2D eigenvalue weighted by Crippen LogP contribution is -2.36. The average molecular weight is 212 g/mol. The lowest BCUT2D eigenvalue weighted by Gasteiger charge is -2.19. The third kappa shape index (κ3) is 2.59. The molecule has 1 aliphatic rings. The van der Waals surface area contributed by atoms with E-state index < -0.39 is 17.7 Å². The van der Waals surface area contributed by atoms with Crippen LogP contribution in [0.4, 0.5) is 4.79 Å². The van der Waals surface area contributed by atoms with Gasteiger partial charge in [0.1, 0.15) is 13.2 Å². The molecule has 0 bridgehead atoms. The van der Waals surface area contributed by atoms with Gasteiger partial charge < -0.3 is 14.2 Å². The largest absolute Gasteiger partial charge is 0.509 e. The van der Waals surface area contributed by atoms with Gasteiger partial charge in [-0.3, -0.25) is 0 Å². The number of esters is 1. The standard InChI is InChI=1S/C10H12O5/c1-4-10(6-14-9(12)15-10)5-13-8(11)7(2)3/h4H,1-2,5-6H2,3H3. The molecule has 0 aromatic rings. The Labute approximate surface area is 87.3 Å². The molecule has 0 radical (unpaired) electrons. The minimum Gasteiger partial charge on any atom is -0.458 e. The summed E-state index contributed by atoms with van der Waals surface area (Å²) in [5, 5.41) is 0. The van der Waals surface area contributed by atoms with Gasteiger partial charge in [-0.05, 0) is 13.0 Å². The van der Waals surface area contributed by atoms with Crippen molar-refractivity contribution < 1.29 is 23.8 Å². The van der Waals surface area contributed by atoms with Gasteiger partial charge in [0.05, 0.1) is 0 Å². The maximum atomic E-state index is 11.1. The van der Waals surface area contributed by atoms with Gasteiger partial charge in [-0.1, -0.05) is 13.2 Å². The number of carbonyl (C=O) groups is 2. The van der Waals surface area contributed by atoms with Gasteiger partial charge in [0.2, 0.25) is 5.60 Å². The second-order valence-corrected chi connectivity index (χ2v) is 3.27. The van der Waals surface area contributed by atoms with Crippen LogP contribution in [0.25, 0.3) is 0 Å². The van der Waals surface area contributed by atoms with E-state index in [-0.39, 0.29) is 18.8 Å². The highest BCUT2D eigenvalue weighted by molar-refractivity contribution is 5.87. The van der Waals surface area contributed by atoms with Crippen LogP contribution in [0.2, 0.25) is 0 Å². The highest BCUT2D eigenvalue weighted by Gasteiger charge is 2.41. The molecular weight excluding hydrogens is 200 g/mol. The van der Waals surface area contributed by atoms with E-state index in [1.54, 1.807) is 0 Å². The van der Waals surface area contributed by atoms with Crippen molar-refractivity contribution in [2.75, 3.05) is 13.2 Å². The van der Waals surface area contributed by atoms with Crippen LogP contribution in [0.15, 0.2) is 24.8 Å². The molecule has 5 nitrogen and oxygen atoms in total. The predicted molar refractivity (Wildman–Crippen MR) is 51.1 cm³/mol. The van der Waals surface area contributed by atoms with E-state index in [4.69, 9.17) is 9.47 Å². The molecule has 1 unspecified atom stereocenters. The number of hydrogen-bond acceptors (Lipinski definition) is 5. The molecular formula is C10H12O5. The molecule has 0 saturated carbocycles. The summed E-state index contributed by atoms with van der Waals surface area (Å²) in [5.41, 5.74) is -0.790. The number of cyclic esters (lactones) is 2. The number of hydrogen-bond donors (Lipinski definition) is 0. The van der Waals surface area contributed by atoms with Crippen molar-refractivity contribution in [1.29, 1.82) is 0 Å². The maximum Gasteiger partial charge on any atom is 0.509 e. The van der Waals surface area contributed by atoms with E-state index in [0.29, 0.717) is 0 Å². The van der Waals surface area contributed by atoms with Crippen LogP contribution in [0.5, 0.6) is 0 Å². The third-order valence-corrected chi connectivity index (χ3v) is 1.89. The smallest absolute Gasteiger partial charge is 0.458 e. The summed E-state index contributed by atoms with van der Waals surface area (Å²) in [6.07, 6.45) is 0.588. The van der Waals surface area contributed by atoms with Gasteiger partial charge in [0.15, 0.2) is 0 Å². The van der Waals surface area contributed by atoms with E-state index in [2.05, 4.69) is 17.9 Å². The first kappa shape index (κ1) is 11.3. The highest BCUT2D eigenvalue weighted by atomic mass is 16.8. The van der Waals surface area contributed by atoms with E-state index in [9.17, 15) is 9.59 Å². The normalized spacial score (nSPS) is 23.9. The van der Waals surface area contributed by atoms with Crippen LogP contribution >= 0.6 is 0 Å². The van der Waals surface area contributed by atoms with Crippen molar-refractivity contribution >= 4 is 12.1 Å². The lowest BCUT2D eigenvalue weighted by molar-refractivity contribution is -0.143. The number of ether oxygens (including phenoxy) is 3. The summed E-state index contributed by atoms with van der Waals surface area (Å²) in [5.74, 6) is -0.542. The van der Waals surface area contributed by atoms with Crippen molar-refractivity contribution in [2.24, 2.45) is 0 Å². The summed E-state index contributed by atoms with van der Waals surface area (Å²) in [6.45, 7) is 8.34. The summed E-state index contributed by atoms with van der Waals surface area (Å²) >= 11 is 0. The molecule has 15 heavy (non-hydrogen) atoms. The van der Waals surface area contributed by atoms with Crippen molar-refractivity contribution in [1.82, 2.24) is 0 Å². The first-order valence-corrected chi connectivity index (χ1v) is 4.31. The molecule has 0 N–H and O–H groups in total. The van der Waals surface area contributed by atoms with Gasteiger partial charge in [-0.25, -0.2) is 9.59 Å². The Morgan fingerprint density at radius 2 is 2.40 bits per heavy atom. The van der Waals surface area contributed by atoms with Crippen LogP contribution in [-0.2, 0) is 19.0 Å². The second kappa shape index (κ2) is 4.16. The fraction of sp³-hybridized carbons (Fsp3) is 0.400. The van der Waals surface area contributed by atoms with E-state index >= 15 is 0 Å². The Morgan fingerprint density at radius 1 is 1.73 bits per heavy atom. The zero-order valence-electron chi connectivity index (χ0n) is 8.45. The molecule has 1 atom stereocenters. The zero-order valence-corrected chi connectivity index (χ0v) is 8.45. The molecule has 1 heterocycles. The van der Waals surface area contributed by atoms with E-state index in [1.165, 1.54) is 13.0 Å². The predicted octanol–water partition coefficient (Wildman–Crippen LogP) is 1.20. The van der Waals surface area contributed by atoms with Gasteiger partial charge in [0.25, 0.3) is 0 Å². The molecule has 1 saturated heterocycles. The first-order valence-electron chi connectivity index (χ1n) is 4.31. The summed E-state index contributed by atoms with van der Waals surface area (Å²) in [6, 6.07) is 0. The SMILES string of the molecule is C=CC1(COC(=O)C(=C)C)COC(=O)O1. The minimum atomic E-state index is -1.07. The quantitative estimate of drug-likeness (QED) is 0.398. The second-order valence-electron chi connectivity index (χ2n) is 3.27. The molecule has 1 fully saturated rings. The molecule has 1 rings (SSSR count). The van der Waals surface area contributed by atoms with E-state index in [0.717, 1.165) is 0 Å². The van der Waals surface area contributed by atoms with Crippen molar-refractivity contribution in [2.45, 2.75) is 12.5 Å². The van der Waals surface area contributed by atoms with Gasteiger partial charge in [-0.15, -0.1) is 0 Å². The zero-order chi connectivity index (χ0) is 11.5. The Morgan fingerprint density at radius 3 is 2.80 bits per heavy atom. The first-order chi connectivity index (χ1) is 6.99. The molecule has 82 valence electrons. The van der Waals surface area contributed by atoms with Gasteiger partial charge in [-0.2, -0.15) is 0 Å². The van der Waals surface area contributed by atoms with Crippen LogP contribution in [0.3, 0.4) is 0 Å². The molecule has 0 aromatic heterocycles. The van der Waals surface area contributed by atoms with E-state index in [1.807, 2.05) is 0 Å². The lowest BCUT2D eigenvalue weighted by atomic mass is 10.1. The minimum absolute atomic E-state index is 0.00119. The topological polar surface area (TPSA) is 61.8 Å². The van der Waals surface area contributed by atoms with Crippen molar-refractivity contribution in [3.63, 3.8) is 0 Å². The summed E-state index contributed by atoms with van der Waals surface area (Å²) in [4.78, 5) is 21.8. The molecule has 5 heteroatoms. The maximum absolute atomic E-state index is 11.1. The average Bonchev–Trinajstić information content (AvgIpc) is 2.57. The van der Waals surface area contributed by atoms with Crippen molar-refractivity contribution in [3.05, 3.63) is 24.8 Å².